The summed E-state index contributed by atoms with van der Waals surface area (Å²) in [6, 6.07) is 7.47. The molecule has 0 unspecified atom stereocenters. The highest BCUT2D eigenvalue weighted by molar-refractivity contribution is 7.21. The molecule has 4 aromatic heterocycles. The minimum absolute atomic E-state index is 0.215. The number of carbonyl (C=O) groups is 1. The zero-order chi connectivity index (χ0) is 16.4. The molecule has 118 valence electrons. The Morgan fingerprint density at radius 1 is 1.12 bits per heavy atom. The lowest BCUT2D eigenvalue weighted by atomic mass is 10.2. The topological polar surface area (TPSA) is 85.6 Å². The van der Waals surface area contributed by atoms with Gasteiger partial charge in [-0.1, -0.05) is 11.3 Å². The summed E-state index contributed by atoms with van der Waals surface area (Å²) in [6.45, 7) is 0.598. The summed E-state index contributed by atoms with van der Waals surface area (Å²) < 4.78 is 1.88. The number of thiazole rings is 1. The van der Waals surface area contributed by atoms with Gasteiger partial charge in [0.2, 0.25) is 0 Å². The molecule has 4 rings (SSSR count). The van der Waals surface area contributed by atoms with E-state index in [1.54, 1.807) is 30.9 Å². The molecule has 24 heavy (non-hydrogen) atoms. The lowest BCUT2D eigenvalue weighted by molar-refractivity contribution is 0.101. The molecule has 0 aliphatic rings. The van der Waals surface area contributed by atoms with E-state index >= 15 is 0 Å². The molecule has 0 saturated carbocycles. The van der Waals surface area contributed by atoms with E-state index in [4.69, 9.17) is 0 Å². The van der Waals surface area contributed by atoms with Crippen LogP contribution < -0.4 is 5.32 Å². The maximum absolute atomic E-state index is 12.5. The van der Waals surface area contributed by atoms with Gasteiger partial charge in [-0.2, -0.15) is 4.98 Å². The molecule has 8 heteroatoms. The molecule has 0 radical (unpaired) electrons. The van der Waals surface area contributed by atoms with Crippen LogP contribution in [0, 0.1) is 0 Å². The van der Waals surface area contributed by atoms with Crippen molar-refractivity contribution in [1.29, 1.82) is 0 Å². The molecule has 4 aromatic rings. The second-order valence-corrected chi connectivity index (χ2v) is 6.01. The average Bonchev–Trinajstić information content (AvgIpc) is 3.21. The fourth-order valence-electron chi connectivity index (χ4n) is 2.33. The van der Waals surface area contributed by atoms with Crippen molar-refractivity contribution < 1.29 is 4.79 Å². The zero-order valence-electron chi connectivity index (χ0n) is 12.5. The van der Waals surface area contributed by atoms with Crippen molar-refractivity contribution in [3.05, 3.63) is 66.5 Å². The monoisotopic (exact) mass is 336 g/mol. The SMILES string of the molecule is O=C(Nc1nc2nccnc2s1)c1cccn1Cc1ccncc1. The number of rotatable bonds is 4. The van der Waals surface area contributed by atoms with Crippen molar-refractivity contribution in [3.63, 3.8) is 0 Å². The van der Waals surface area contributed by atoms with E-state index in [1.807, 2.05) is 29.0 Å². The predicted molar refractivity (Wildman–Crippen MR) is 90.9 cm³/mol. The van der Waals surface area contributed by atoms with Crippen LogP contribution in [0.2, 0.25) is 0 Å². The fraction of sp³-hybridized carbons (Fsp3) is 0.0625. The third kappa shape index (κ3) is 2.86. The van der Waals surface area contributed by atoms with Crippen LogP contribution in [0.3, 0.4) is 0 Å². The van der Waals surface area contributed by atoms with E-state index < -0.39 is 0 Å². The highest BCUT2D eigenvalue weighted by Gasteiger charge is 2.14. The fourth-order valence-corrected chi connectivity index (χ4v) is 3.10. The van der Waals surface area contributed by atoms with Gasteiger partial charge in [0, 0.05) is 37.5 Å². The van der Waals surface area contributed by atoms with Gasteiger partial charge in [0.15, 0.2) is 15.6 Å². The van der Waals surface area contributed by atoms with E-state index in [9.17, 15) is 4.79 Å². The van der Waals surface area contributed by atoms with Gasteiger partial charge in [-0.15, -0.1) is 0 Å². The molecule has 4 heterocycles. The summed E-state index contributed by atoms with van der Waals surface area (Å²) in [7, 11) is 0. The molecule has 1 amide bonds. The molecular weight excluding hydrogens is 324 g/mol. The first kappa shape index (κ1) is 14.5. The first-order chi connectivity index (χ1) is 11.8. The maximum atomic E-state index is 12.5. The Labute approximate surface area is 141 Å². The number of amides is 1. The minimum Gasteiger partial charge on any atom is -0.339 e. The normalized spacial score (nSPS) is 10.8. The first-order valence-corrected chi connectivity index (χ1v) is 8.04. The van der Waals surface area contributed by atoms with Crippen molar-refractivity contribution in [2.24, 2.45) is 0 Å². The van der Waals surface area contributed by atoms with Gasteiger partial charge in [0.05, 0.1) is 0 Å². The van der Waals surface area contributed by atoms with Gasteiger partial charge in [-0.3, -0.25) is 15.1 Å². The van der Waals surface area contributed by atoms with Crippen molar-refractivity contribution in [2.45, 2.75) is 6.54 Å². The molecule has 0 atom stereocenters. The first-order valence-electron chi connectivity index (χ1n) is 7.22. The molecular formula is C16H12N6OS. The van der Waals surface area contributed by atoms with Crippen molar-refractivity contribution >= 4 is 32.9 Å². The van der Waals surface area contributed by atoms with E-state index in [0.717, 1.165) is 5.56 Å². The Balaban J connectivity index is 1.55. The molecule has 0 aliphatic heterocycles. The van der Waals surface area contributed by atoms with E-state index in [1.165, 1.54) is 11.3 Å². The molecule has 0 aliphatic carbocycles. The average molecular weight is 336 g/mol. The standard InChI is InChI=1S/C16H12N6OS/c23-14(21-16-20-13-15(24-16)19-8-7-18-13)12-2-1-9-22(12)10-11-3-5-17-6-4-11/h1-9H,10H2,(H,18,20,21,23). The van der Waals surface area contributed by atoms with Crippen LogP contribution in [0.15, 0.2) is 55.2 Å². The van der Waals surface area contributed by atoms with Gasteiger partial charge < -0.3 is 4.57 Å². The largest absolute Gasteiger partial charge is 0.339 e. The Bertz CT molecular complexity index is 961. The number of anilines is 1. The van der Waals surface area contributed by atoms with Crippen molar-refractivity contribution in [2.75, 3.05) is 5.32 Å². The molecule has 7 nitrogen and oxygen atoms in total. The van der Waals surface area contributed by atoms with Crippen LogP contribution in [0.4, 0.5) is 5.13 Å². The van der Waals surface area contributed by atoms with Crippen LogP contribution in [0.5, 0.6) is 0 Å². The molecule has 0 aromatic carbocycles. The number of aromatic nitrogens is 5. The second kappa shape index (κ2) is 6.17. The number of nitrogens with zero attached hydrogens (tertiary/aromatic N) is 5. The Hall–Kier alpha value is -3.13. The molecule has 0 fully saturated rings. The summed E-state index contributed by atoms with van der Waals surface area (Å²) in [4.78, 5) is 29.8. The van der Waals surface area contributed by atoms with Gasteiger partial charge in [0.25, 0.3) is 5.91 Å². The molecule has 0 spiro atoms. The number of nitrogens with one attached hydrogen (secondary N) is 1. The number of carbonyl (C=O) groups excluding carboxylic acids is 1. The lowest BCUT2D eigenvalue weighted by Gasteiger charge is -2.08. The van der Waals surface area contributed by atoms with Crippen LogP contribution in [0.1, 0.15) is 16.1 Å². The number of hydrogen-bond donors (Lipinski definition) is 1. The van der Waals surface area contributed by atoms with Gasteiger partial charge in [0.1, 0.15) is 5.69 Å². The second-order valence-electron chi connectivity index (χ2n) is 5.04. The van der Waals surface area contributed by atoms with Gasteiger partial charge in [-0.25, -0.2) is 9.97 Å². The van der Waals surface area contributed by atoms with Crippen molar-refractivity contribution in [1.82, 2.24) is 24.5 Å². The molecule has 0 bridgehead atoms. The van der Waals surface area contributed by atoms with Crippen LogP contribution >= 0.6 is 11.3 Å². The Morgan fingerprint density at radius 2 is 1.96 bits per heavy atom. The summed E-state index contributed by atoms with van der Waals surface area (Å²) in [5.41, 5.74) is 2.17. The zero-order valence-corrected chi connectivity index (χ0v) is 13.3. The van der Waals surface area contributed by atoms with Gasteiger partial charge >= 0.3 is 0 Å². The summed E-state index contributed by atoms with van der Waals surface area (Å²) in [5.74, 6) is -0.215. The number of hydrogen-bond acceptors (Lipinski definition) is 6. The van der Waals surface area contributed by atoms with Gasteiger partial charge in [-0.05, 0) is 29.8 Å². The van der Waals surface area contributed by atoms with Crippen LogP contribution in [0.25, 0.3) is 10.5 Å². The van der Waals surface area contributed by atoms with E-state index in [2.05, 4.69) is 25.3 Å². The van der Waals surface area contributed by atoms with Crippen LogP contribution in [-0.4, -0.2) is 30.4 Å². The molecule has 1 N–H and O–H groups in total. The highest BCUT2D eigenvalue weighted by Crippen LogP contribution is 2.22. The highest BCUT2D eigenvalue weighted by atomic mass is 32.1. The smallest absolute Gasteiger partial charge is 0.274 e. The summed E-state index contributed by atoms with van der Waals surface area (Å²) in [5, 5.41) is 3.30. The van der Waals surface area contributed by atoms with E-state index in [0.29, 0.717) is 27.8 Å². The Morgan fingerprint density at radius 3 is 2.79 bits per heavy atom. The minimum atomic E-state index is -0.215. The quantitative estimate of drug-likeness (QED) is 0.619. The third-order valence-electron chi connectivity index (χ3n) is 3.43. The predicted octanol–water partition coefficient (Wildman–Crippen LogP) is 2.58. The summed E-state index contributed by atoms with van der Waals surface area (Å²) in [6.07, 6.45) is 8.52. The summed E-state index contributed by atoms with van der Waals surface area (Å²) >= 11 is 1.30. The molecule has 0 saturated heterocycles. The third-order valence-corrected chi connectivity index (χ3v) is 4.30. The van der Waals surface area contributed by atoms with Crippen molar-refractivity contribution in [3.8, 4) is 0 Å². The number of fused-ring (bicyclic) bond motifs is 1. The maximum Gasteiger partial charge on any atom is 0.274 e. The van der Waals surface area contributed by atoms with E-state index in [-0.39, 0.29) is 5.91 Å². The lowest BCUT2D eigenvalue weighted by Crippen LogP contribution is -2.17. The Kier molecular flexibility index (Phi) is 3.72. The van der Waals surface area contributed by atoms with Crippen LogP contribution in [-0.2, 0) is 6.54 Å². The number of pyridine rings is 1.